The van der Waals surface area contributed by atoms with Gasteiger partial charge >= 0.3 is 12.2 Å². The van der Waals surface area contributed by atoms with Crippen LogP contribution in [0.4, 0.5) is 9.59 Å². The van der Waals surface area contributed by atoms with Crippen LogP contribution < -0.4 is 10.6 Å². The largest absolute Gasteiger partial charge is 0.450 e. The number of hydrogen-bond acceptors (Lipinski definition) is 6. The molecule has 1 fully saturated rings. The minimum Gasteiger partial charge on any atom is -0.450 e. The maximum Gasteiger partial charge on any atom is 0.407 e. The molecule has 158 valence electrons. The predicted molar refractivity (Wildman–Crippen MR) is 104 cm³/mol. The second kappa shape index (κ2) is 15.5. The highest BCUT2D eigenvalue weighted by atomic mass is 16.6. The highest BCUT2D eigenvalue weighted by Gasteiger charge is 2.18. The van der Waals surface area contributed by atoms with Gasteiger partial charge in [0.2, 0.25) is 0 Å². The molecule has 1 aliphatic heterocycles. The molecular weight excluding hydrogens is 350 g/mol. The van der Waals surface area contributed by atoms with E-state index in [1.165, 1.54) is 19.3 Å². The Morgan fingerprint density at radius 3 is 2.15 bits per heavy atom. The molecule has 1 unspecified atom stereocenters. The lowest BCUT2D eigenvalue weighted by molar-refractivity contribution is 0.0985. The Balaban J connectivity index is 1.86. The summed E-state index contributed by atoms with van der Waals surface area (Å²) in [6, 6.07) is 0.539. The Bertz CT molecular complexity index is 409. The smallest absolute Gasteiger partial charge is 0.407 e. The third kappa shape index (κ3) is 12.5. The van der Waals surface area contributed by atoms with Crippen LogP contribution in [-0.4, -0.2) is 76.7 Å². The summed E-state index contributed by atoms with van der Waals surface area (Å²) < 4.78 is 14.9. The molecule has 0 aromatic carbocycles. The van der Waals surface area contributed by atoms with E-state index in [4.69, 9.17) is 14.2 Å². The molecule has 8 heteroatoms. The van der Waals surface area contributed by atoms with E-state index in [1.807, 2.05) is 0 Å². The topological polar surface area (TPSA) is 89.1 Å². The third-order valence-electron chi connectivity index (χ3n) is 4.77. The summed E-state index contributed by atoms with van der Waals surface area (Å²) in [6.45, 7) is 3.50. The molecular formula is C19H37N3O5. The fourth-order valence-electron chi connectivity index (χ4n) is 3.10. The molecule has 1 rings (SSSR count). The van der Waals surface area contributed by atoms with Crippen molar-refractivity contribution < 1.29 is 23.8 Å². The monoisotopic (exact) mass is 387 g/mol. The van der Waals surface area contributed by atoms with Gasteiger partial charge in [0, 0.05) is 26.2 Å². The van der Waals surface area contributed by atoms with Gasteiger partial charge in [-0.1, -0.05) is 19.3 Å². The molecule has 0 spiro atoms. The highest BCUT2D eigenvalue weighted by molar-refractivity contribution is 5.67. The molecule has 0 bridgehead atoms. The van der Waals surface area contributed by atoms with E-state index in [0.29, 0.717) is 32.3 Å². The van der Waals surface area contributed by atoms with Gasteiger partial charge in [0.05, 0.1) is 13.2 Å². The highest BCUT2D eigenvalue weighted by Crippen LogP contribution is 2.17. The average Bonchev–Trinajstić information content (AvgIpc) is 2.65. The summed E-state index contributed by atoms with van der Waals surface area (Å²) in [5.74, 6) is 0. The van der Waals surface area contributed by atoms with Gasteiger partial charge in [-0.2, -0.15) is 0 Å². The van der Waals surface area contributed by atoms with Crippen LogP contribution in [-0.2, 0) is 14.2 Å². The molecule has 2 amide bonds. The lowest BCUT2D eigenvalue weighted by Crippen LogP contribution is -2.37. The predicted octanol–water partition coefficient (Wildman–Crippen LogP) is 2.52. The number of likely N-dealkylation sites (tertiary alicyclic amines) is 1. The Kier molecular flexibility index (Phi) is 13.5. The van der Waals surface area contributed by atoms with Crippen LogP contribution in [0.15, 0.2) is 0 Å². The first-order valence-corrected chi connectivity index (χ1v) is 10.1. The first-order valence-electron chi connectivity index (χ1n) is 10.1. The molecule has 0 aromatic heterocycles. The SMILES string of the molecule is COCCOC(=O)NCCCCCCNC(=O)OCCC1CCCCN1C. The van der Waals surface area contributed by atoms with Crippen molar-refractivity contribution in [3.63, 3.8) is 0 Å². The Morgan fingerprint density at radius 2 is 1.56 bits per heavy atom. The summed E-state index contributed by atoms with van der Waals surface area (Å²) in [5.41, 5.74) is 0. The van der Waals surface area contributed by atoms with Crippen molar-refractivity contribution in [2.75, 3.05) is 53.6 Å². The van der Waals surface area contributed by atoms with Crippen LogP contribution in [0, 0.1) is 0 Å². The zero-order valence-electron chi connectivity index (χ0n) is 17.0. The number of amides is 2. The van der Waals surface area contributed by atoms with Crippen molar-refractivity contribution in [2.24, 2.45) is 0 Å². The van der Waals surface area contributed by atoms with E-state index >= 15 is 0 Å². The molecule has 0 aliphatic carbocycles. The normalized spacial score (nSPS) is 17.3. The van der Waals surface area contributed by atoms with E-state index in [9.17, 15) is 9.59 Å². The third-order valence-corrected chi connectivity index (χ3v) is 4.77. The Hall–Kier alpha value is -1.54. The fraction of sp³-hybridized carbons (Fsp3) is 0.895. The number of nitrogens with one attached hydrogen (secondary N) is 2. The van der Waals surface area contributed by atoms with Gasteiger partial charge in [0.25, 0.3) is 0 Å². The average molecular weight is 388 g/mol. The zero-order valence-corrected chi connectivity index (χ0v) is 17.0. The number of ether oxygens (including phenoxy) is 3. The van der Waals surface area contributed by atoms with Gasteiger partial charge in [0.15, 0.2) is 0 Å². The summed E-state index contributed by atoms with van der Waals surface area (Å²) in [6.07, 6.45) is 7.68. The second-order valence-electron chi connectivity index (χ2n) is 6.95. The number of piperidine rings is 1. The molecule has 1 saturated heterocycles. The molecule has 0 radical (unpaired) electrons. The van der Waals surface area contributed by atoms with Crippen LogP contribution in [0.25, 0.3) is 0 Å². The molecule has 1 aliphatic rings. The second-order valence-corrected chi connectivity index (χ2v) is 6.95. The molecule has 8 nitrogen and oxygen atoms in total. The van der Waals surface area contributed by atoms with Crippen LogP contribution in [0.2, 0.25) is 0 Å². The number of carbonyl (C=O) groups is 2. The number of unbranched alkanes of at least 4 members (excludes halogenated alkanes) is 3. The molecule has 0 saturated carbocycles. The van der Waals surface area contributed by atoms with Crippen LogP contribution in [0.5, 0.6) is 0 Å². The van der Waals surface area contributed by atoms with E-state index in [1.54, 1.807) is 7.11 Å². The minimum atomic E-state index is -0.407. The lowest BCUT2D eigenvalue weighted by atomic mass is 10.0. The lowest BCUT2D eigenvalue weighted by Gasteiger charge is -2.32. The molecule has 27 heavy (non-hydrogen) atoms. The molecule has 2 N–H and O–H groups in total. The van der Waals surface area contributed by atoms with Gasteiger partial charge in [0.1, 0.15) is 6.61 Å². The number of methoxy groups -OCH3 is 1. The van der Waals surface area contributed by atoms with Crippen molar-refractivity contribution >= 4 is 12.2 Å². The van der Waals surface area contributed by atoms with Gasteiger partial charge in [-0.25, -0.2) is 9.59 Å². The number of rotatable bonds is 13. The first-order chi connectivity index (χ1) is 13.1. The van der Waals surface area contributed by atoms with Gasteiger partial charge in [-0.05, 0) is 45.7 Å². The van der Waals surface area contributed by atoms with Crippen molar-refractivity contribution in [3.05, 3.63) is 0 Å². The van der Waals surface area contributed by atoms with Crippen LogP contribution in [0.3, 0.4) is 0 Å². The summed E-state index contributed by atoms with van der Waals surface area (Å²) in [7, 11) is 3.70. The first kappa shape index (κ1) is 23.5. The number of carbonyl (C=O) groups excluding carboxylic acids is 2. The van der Waals surface area contributed by atoms with E-state index in [-0.39, 0.29) is 12.7 Å². The molecule has 1 atom stereocenters. The summed E-state index contributed by atoms with van der Waals surface area (Å²) >= 11 is 0. The van der Waals surface area contributed by atoms with Gasteiger partial charge < -0.3 is 29.7 Å². The number of hydrogen-bond donors (Lipinski definition) is 2. The van der Waals surface area contributed by atoms with Crippen molar-refractivity contribution in [3.8, 4) is 0 Å². The van der Waals surface area contributed by atoms with Crippen LogP contribution in [0.1, 0.15) is 51.4 Å². The molecule has 1 heterocycles. The Labute approximate surface area is 163 Å². The number of nitrogens with zero attached hydrogens (tertiary/aromatic N) is 1. The maximum absolute atomic E-state index is 11.7. The standard InChI is InChI=1S/C19H37N3O5/c1-22-13-8-5-9-17(22)10-14-26-18(23)20-11-6-3-4-7-12-21-19(24)27-16-15-25-2/h17H,3-16H2,1-2H3,(H,20,23)(H,21,24). The summed E-state index contributed by atoms with van der Waals surface area (Å²) in [5, 5.41) is 5.49. The van der Waals surface area contributed by atoms with Gasteiger partial charge in [-0.15, -0.1) is 0 Å². The van der Waals surface area contributed by atoms with Crippen molar-refractivity contribution in [1.82, 2.24) is 15.5 Å². The van der Waals surface area contributed by atoms with Crippen molar-refractivity contribution in [1.29, 1.82) is 0 Å². The van der Waals surface area contributed by atoms with Crippen LogP contribution >= 0.6 is 0 Å². The quantitative estimate of drug-likeness (QED) is 0.472. The minimum absolute atomic E-state index is 0.265. The molecule has 0 aromatic rings. The number of alkyl carbamates (subject to hydrolysis) is 2. The zero-order chi connectivity index (χ0) is 19.7. The Morgan fingerprint density at radius 1 is 0.926 bits per heavy atom. The fourth-order valence-corrected chi connectivity index (χ4v) is 3.10. The van der Waals surface area contributed by atoms with E-state index in [0.717, 1.165) is 38.6 Å². The van der Waals surface area contributed by atoms with E-state index < -0.39 is 6.09 Å². The van der Waals surface area contributed by atoms with Gasteiger partial charge in [-0.3, -0.25) is 0 Å². The van der Waals surface area contributed by atoms with E-state index in [2.05, 4.69) is 22.6 Å². The maximum atomic E-state index is 11.7. The van der Waals surface area contributed by atoms with Crippen molar-refractivity contribution in [2.45, 2.75) is 57.4 Å². The summed E-state index contributed by atoms with van der Waals surface area (Å²) in [4.78, 5) is 25.3.